The molecule has 0 radical (unpaired) electrons. The molecule has 1 N–H and O–H groups in total. The molecule has 1 aliphatic rings. The van der Waals surface area contributed by atoms with Gasteiger partial charge in [0.1, 0.15) is 0 Å². The van der Waals surface area contributed by atoms with Gasteiger partial charge >= 0.3 is 0 Å². The summed E-state index contributed by atoms with van der Waals surface area (Å²) in [6.07, 6.45) is 5.56. The van der Waals surface area contributed by atoms with Crippen LogP contribution in [0.15, 0.2) is 0 Å². The van der Waals surface area contributed by atoms with Gasteiger partial charge in [-0.2, -0.15) is 0 Å². The Morgan fingerprint density at radius 3 is 2.59 bits per heavy atom. The average molecular weight is 240 g/mol. The first kappa shape index (κ1) is 15.0. The molecule has 0 amide bonds. The molecular formula is C15H32N2. The van der Waals surface area contributed by atoms with Crippen molar-refractivity contribution in [1.29, 1.82) is 0 Å². The van der Waals surface area contributed by atoms with Gasteiger partial charge in [-0.3, -0.25) is 0 Å². The number of likely N-dealkylation sites (tertiary alicyclic amines) is 1. The first-order valence-electron chi connectivity index (χ1n) is 7.61. The molecule has 17 heavy (non-hydrogen) atoms. The molecule has 2 nitrogen and oxygen atoms in total. The molecule has 1 saturated heterocycles. The smallest absolute Gasteiger partial charge is 0.0198 e. The molecule has 0 saturated carbocycles. The summed E-state index contributed by atoms with van der Waals surface area (Å²) < 4.78 is 0. The summed E-state index contributed by atoms with van der Waals surface area (Å²) in [6.45, 7) is 14.2. The lowest BCUT2D eigenvalue weighted by atomic mass is 9.89. The van der Waals surface area contributed by atoms with E-state index in [1.807, 2.05) is 0 Å². The van der Waals surface area contributed by atoms with Crippen LogP contribution in [0.25, 0.3) is 0 Å². The van der Waals surface area contributed by atoms with Crippen LogP contribution in [-0.2, 0) is 0 Å². The molecule has 0 aromatic heterocycles. The highest BCUT2D eigenvalue weighted by Gasteiger charge is 2.26. The first-order chi connectivity index (χ1) is 8.15. The predicted molar refractivity (Wildman–Crippen MR) is 76.4 cm³/mol. The molecule has 1 rings (SSSR count). The lowest BCUT2D eigenvalue weighted by Gasteiger charge is -2.39. The molecule has 2 heteroatoms. The second-order valence-corrected chi connectivity index (χ2v) is 6.11. The SMILES string of the molecule is CCCCC1CC(NCC)CN(CC(C)C)C1. The van der Waals surface area contributed by atoms with Crippen LogP contribution in [0.1, 0.15) is 53.4 Å². The minimum atomic E-state index is 0.731. The van der Waals surface area contributed by atoms with E-state index in [9.17, 15) is 0 Å². The second-order valence-electron chi connectivity index (χ2n) is 6.11. The van der Waals surface area contributed by atoms with Crippen molar-refractivity contribution in [2.24, 2.45) is 11.8 Å². The summed E-state index contributed by atoms with van der Waals surface area (Å²) in [5.41, 5.74) is 0. The normalized spacial score (nSPS) is 26.6. The van der Waals surface area contributed by atoms with E-state index in [-0.39, 0.29) is 0 Å². The van der Waals surface area contributed by atoms with Crippen LogP contribution >= 0.6 is 0 Å². The summed E-state index contributed by atoms with van der Waals surface area (Å²) in [7, 11) is 0. The van der Waals surface area contributed by atoms with Crippen LogP contribution in [0, 0.1) is 11.8 Å². The summed E-state index contributed by atoms with van der Waals surface area (Å²) in [5, 5.41) is 3.65. The van der Waals surface area contributed by atoms with E-state index in [1.54, 1.807) is 0 Å². The van der Waals surface area contributed by atoms with E-state index in [0.717, 1.165) is 24.4 Å². The minimum absolute atomic E-state index is 0.731. The number of nitrogens with one attached hydrogen (secondary N) is 1. The van der Waals surface area contributed by atoms with Gasteiger partial charge in [-0.25, -0.2) is 0 Å². The molecule has 0 bridgehead atoms. The third kappa shape index (κ3) is 5.87. The van der Waals surface area contributed by atoms with Crippen molar-refractivity contribution in [3.63, 3.8) is 0 Å². The van der Waals surface area contributed by atoms with E-state index in [1.165, 1.54) is 45.3 Å². The number of likely N-dealkylation sites (N-methyl/N-ethyl adjacent to an activating group) is 1. The van der Waals surface area contributed by atoms with Gasteiger partial charge in [0.15, 0.2) is 0 Å². The molecule has 0 spiro atoms. The van der Waals surface area contributed by atoms with Gasteiger partial charge in [-0.15, -0.1) is 0 Å². The zero-order chi connectivity index (χ0) is 12.7. The number of piperidine rings is 1. The molecule has 2 atom stereocenters. The van der Waals surface area contributed by atoms with Crippen molar-refractivity contribution in [1.82, 2.24) is 10.2 Å². The summed E-state index contributed by atoms with van der Waals surface area (Å²) in [6, 6.07) is 0.731. The van der Waals surface area contributed by atoms with E-state index < -0.39 is 0 Å². The van der Waals surface area contributed by atoms with E-state index in [2.05, 4.69) is 37.9 Å². The van der Waals surface area contributed by atoms with Crippen LogP contribution in [0.5, 0.6) is 0 Å². The zero-order valence-electron chi connectivity index (χ0n) is 12.3. The first-order valence-corrected chi connectivity index (χ1v) is 7.61. The van der Waals surface area contributed by atoms with Crippen molar-refractivity contribution < 1.29 is 0 Å². The summed E-state index contributed by atoms with van der Waals surface area (Å²) in [5.74, 6) is 1.72. The Kier molecular flexibility index (Phi) is 7.14. The molecule has 0 aliphatic carbocycles. The third-order valence-corrected chi connectivity index (χ3v) is 3.69. The predicted octanol–water partition coefficient (Wildman–Crippen LogP) is 3.13. The second kappa shape index (κ2) is 8.10. The summed E-state index contributed by atoms with van der Waals surface area (Å²) >= 11 is 0. The van der Waals surface area contributed by atoms with Crippen molar-refractivity contribution in [2.45, 2.75) is 59.4 Å². The van der Waals surface area contributed by atoms with Crippen LogP contribution in [0.2, 0.25) is 0 Å². The zero-order valence-corrected chi connectivity index (χ0v) is 12.3. The fourth-order valence-corrected chi connectivity index (χ4v) is 3.11. The van der Waals surface area contributed by atoms with Gasteiger partial charge in [0.25, 0.3) is 0 Å². The monoisotopic (exact) mass is 240 g/mol. The van der Waals surface area contributed by atoms with Crippen molar-refractivity contribution in [2.75, 3.05) is 26.2 Å². The standard InChI is InChI=1S/C15H32N2/c1-5-7-8-14-9-15(16-6-2)12-17(11-14)10-13(3)4/h13-16H,5-12H2,1-4H3. The van der Waals surface area contributed by atoms with Gasteiger partial charge in [-0.05, 0) is 31.2 Å². The molecular weight excluding hydrogens is 208 g/mol. The molecule has 1 fully saturated rings. The number of hydrogen-bond acceptors (Lipinski definition) is 2. The lowest BCUT2D eigenvalue weighted by molar-refractivity contribution is 0.123. The topological polar surface area (TPSA) is 15.3 Å². The third-order valence-electron chi connectivity index (χ3n) is 3.69. The van der Waals surface area contributed by atoms with E-state index in [4.69, 9.17) is 0 Å². The van der Waals surface area contributed by atoms with Crippen LogP contribution in [-0.4, -0.2) is 37.1 Å². The Labute approximate surface area is 108 Å². The number of unbranched alkanes of at least 4 members (excludes halogenated alkanes) is 1. The Morgan fingerprint density at radius 1 is 1.24 bits per heavy atom. The Hall–Kier alpha value is -0.0800. The van der Waals surface area contributed by atoms with Crippen LogP contribution < -0.4 is 5.32 Å². The largest absolute Gasteiger partial charge is 0.313 e. The average Bonchev–Trinajstić information content (AvgIpc) is 2.25. The van der Waals surface area contributed by atoms with E-state index in [0.29, 0.717) is 0 Å². The van der Waals surface area contributed by atoms with Gasteiger partial charge in [0, 0.05) is 25.7 Å². The molecule has 2 unspecified atom stereocenters. The highest BCUT2D eigenvalue weighted by Crippen LogP contribution is 2.22. The Morgan fingerprint density at radius 2 is 2.00 bits per heavy atom. The van der Waals surface area contributed by atoms with Gasteiger partial charge < -0.3 is 10.2 Å². The van der Waals surface area contributed by atoms with E-state index >= 15 is 0 Å². The van der Waals surface area contributed by atoms with Crippen LogP contribution in [0.3, 0.4) is 0 Å². The summed E-state index contributed by atoms with van der Waals surface area (Å²) in [4.78, 5) is 2.68. The molecule has 0 aromatic carbocycles. The quantitative estimate of drug-likeness (QED) is 0.735. The minimum Gasteiger partial charge on any atom is -0.313 e. The number of rotatable bonds is 7. The van der Waals surface area contributed by atoms with Gasteiger partial charge in [0.05, 0.1) is 0 Å². The molecule has 0 aromatic rings. The van der Waals surface area contributed by atoms with Crippen LogP contribution in [0.4, 0.5) is 0 Å². The number of hydrogen-bond donors (Lipinski definition) is 1. The number of nitrogens with zero attached hydrogens (tertiary/aromatic N) is 1. The Balaban J connectivity index is 2.43. The molecule has 1 aliphatic heterocycles. The Bertz CT molecular complexity index is 191. The fraction of sp³-hybridized carbons (Fsp3) is 1.00. The maximum absolute atomic E-state index is 3.65. The van der Waals surface area contributed by atoms with Gasteiger partial charge in [-0.1, -0.05) is 40.5 Å². The highest BCUT2D eigenvalue weighted by atomic mass is 15.2. The molecule has 102 valence electrons. The fourth-order valence-electron chi connectivity index (χ4n) is 3.11. The maximum atomic E-state index is 3.65. The van der Waals surface area contributed by atoms with Crippen molar-refractivity contribution in [3.05, 3.63) is 0 Å². The van der Waals surface area contributed by atoms with Crippen molar-refractivity contribution in [3.8, 4) is 0 Å². The maximum Gasteiger partial charge on any atom is 0.0198 e. The molecule has 1 heterocycles. The van der Waals surface area contributed by atoms with Crippen molar-refractivity contribution >= 4 is 0 Å². The highest BCUT2D eigenvalue weighted by molar-refractivity contribution is 4.83. The van der Waals surface area contributed by atoms with Gasteiger partial charge in [0.2, 0.25) is 0 Å². The lowest BCUT2D eigenvalue weighted by Crippen LogP contribution is -2.50.